The summed E-state index contributed by atoms with van der Waals surface area (Å²) in [5.41, 5.74) is 0. The van der Waals surface area contributed by atoms with E-state index >= 15 is 0 Å². The number of hydrogen-bond donors (Lipinski definition) is 2. The van der Waals surface area contributed by atoms with Gasteiger partial charge in [-0.1, -0.05) is 0 Å². The van der Waals surface area contributed by atoms with E-state index in [0.717, 1.165) is 0 Å². The summed E-state index contributed by atoms with van der Waals surface area (Å²) in [5, 5.41) is 0. The van der Waals surface area contributed by atoms with Crippen molar-refractivity contribution in [3.8, 4) is 0 Å². The predicted octanol–water partition coefficient (Wildman–Crippen LogP) is -10.4. The Balaban J connectivity index is 0. The molecule has 1 aliphatic rings. The van der Waals surface area contributed by atoms with Gasteiger partial charge in [0.05, 0.1) is 34.9 Å². The van der Waals surface area contributed by atoms with Crippen molar-refractivity contribution in [3.05, 3.63) is 0 Å². The Morgan fingerprint density at radius 1 is 0.630 bits per heavy atom. The average molecular weight is 433 g/mol. The molecule has 1 saturated carbocycles. The Labute approximate surface area is 170 Å². The minimum absolute atomic E-state index is 0. The number of methoxy groups -OCH3 is 4. The second-order valence-electron chi connectivity index (χ2n) is 5.78. The van der Waals surface area contributed by atoms with Gasteiger partial charge in [0.15, 0.2) is 26.2 Å². The number of quaternary nitrogens is 2. The summed E-state index contributed by atoms with van der Waals surface area (Å²) in [7, 11) is 5.09. The quantitative estimate of drug-likeness (QED) is 0.258. The summed E-state index contributed by atoms with van der Waals surface area (Å²) in [6.45, 7) is -0.0139. The molecule has 0 aromatic heterocycles. The zero-order valence-corrected chi connectivity index (χ0v) is 17.2. The number of nitrogens with one attached hydrogen (secondary N) is 2. The molecule has 0 aromatic carbocycles. The Hall–Kier alpha value is -1.62. The first-order chi connectivity index (χ1) is 11.9. The van der Waals surface area contributed by atoms with E-state index in [9.17, 15) is 19.2 Å². The van der Waals surface area contributed by atoms with Crippen molar-refractivity contribution in [2.24, 2.45) is 0 Å². The van der Waals surface area contributed by atoms with Crippen LogP contribution >= 0.6 is 0 Å². The smallest absolute Gasteiger partial charge is 0.361 e. The molecule has 0 aliphatic heterocycles. The van der Waals surface area contributed by atoms with Crippen LogP contribution < -0.4 is 34.6 Å². The zero-order valence-electron chi connectivity index (χ0n) is 15.7. The van der Waals surface area contributed by atoms with E-state index in [4.69, 9.17) is 0 Å². The molecule has 2 atom stereocenters. The number of halogens is 2. The fourth-order valence-corrected chi connectivity index (χ4v) is 2.78. The Bertz CT molecular complexity index is 440. The van der Waals surface area contributed by atoms with Gasteiger partial charge < -0.3 is 53.6 Å². The van der Waals surface area contributed by atoms with Gasteiger partial charge in [0.25, 0.3) is 0 Å². The van der Waals surface area contributed by atoms with Gasteiger partial charge in [-0.15, -0.1) is 0 Å². The molecule has 0 amide bonds. The molecule has 0 aromatic rings. The van der Waals surface area contributed by atoms with Crippen LogP contribution in [0.5, 0.6) is 0 Å². The number of carbonyl (C=O) groups is 4. The maximum atomic E-state index is 11.6. The van der Waals surface area contributed by atoms with E-state index in [0.29, 0.717) is 16.2 Å². The van der Waals surface area contributed by atoms with Crippen LogP contribution in [0.1, 0.15) is 6.42 Å². The van der Waals surface area contributed by atoms with Crippen LogP contribution in [0.25, 0.3) is 0 Å². The van der Waals surface area contributed by atoms with E-state index in [-0.39, 0.29) is 63.1 Å². The third-order valence-corrected chi connectivity index (χ3v) is 4.24. The molecule has 0 bridgehead atoms. The molecule has 2 N–H and O–H groups in total. The summed E-state index contributed by atoms with van der Waals surface area (Å²) in [6, 6.07) is -0.162. The van der Waals surface area contributed by atoms with E-state index in [1.165, 1.54) is 28.4 Å². The minimum atomic E-state index is -0.452. The highest BCUT2D eigenvalue weighted by atomic mass is 35.5. The van der Waals surface area contributed by atoms with Gasteiger partial charge in [-0.25, -0.2) is 19.2 Å². The molecule has 27 heavy (non-hydrogen) atoms. The third-order valence-electron chi connectivity index (χ3n) is 4.24. The minimum Gasteiger partial charge on any atom is -1.00 e. The number of carbonyl (C=O) groups excluding carboxylic acids is 4. The standard InChI is InChI=1S/C15H24N2O8.2ClH/c1-22-12(18)6-16(7-13(19)23-2)10-5-11(10)17(8-14(20)24-3)9-15(21)25-4;;/h10-11H,5-9H2,1-4H3;2*1H/t10-,11?;;/m1../s1. The van der Waals surface area contributed by atoms with E-state index < -0.39 is 23.9 Å². The van der Waals surface area contributed by atoms with Crippen molar-refractivity contribution >= 4 is 23.9 Å². The molecule has 1 aliphatic carbocycles. The van der Waals surface area contributed by atoms with Crippen molar-refractivity contribution < 1.29 is 72.7 Å². The topological polar surface area (TPSA) is 114 Å². The molecule has 1 fully saturated rings. The molecule has 0 spiro atoms. The van der Waals surface area contributed by atoms with Crippen molar-refractivity contribution in [2.45, 2.75) is 18.5 Å². The lowest BCUT2D eigenvalue weighted by molar-refractivity contribution is -0.945. The Morgan fingerprint density at radius 2 is 0.852 bits per heavy atom. The first-order valence-electron chi connectivity index (χ1n) is 7.82. The van der Waals surface area contributed by atoms with Gasteiger partial charge in [-0.3, -0.25) is 0 Å². The summed E-state index contributed by atoms with van der Waals surface area (Å²) in [4.78, 5) is 47.7. The van der Waals surface area contributed by atoms with E-state index in [1.54, 1.807) is 0 Å². The fourth-order valence-electron chi connectivity index (χ4n) is 2.78. The summed E-state index contributed by atoms with van der Waals surface area (Å²) >= 11 is 0. The van der Waals surface area contributed by atoms with Gasteiger partial charge in [-0.2, -0.15) is 0 Å². The molecule has 158 valence electrons. The zero-order chi connectivity index (χ0) is 19.0. The number of esters is 4. The molecule has 12 heteroatoms. The van der Waals surface area contributed by atoms with Crippen LogP contribution in [0.15, 0.2) is 0 Å². The van der Waals surface area contributed by atoms with Crippen molar-refractivity contribution in [1.29, 1.82) is 0 Å². The second-order valence-corrected chi connectivity index (χ2v) is 5.78. The lowest BCUT2D eigenvalue weighted by Gasteiger charge is -2.20. The number of hydrogen-bond acceptors (Lipinski definition) is 8. The lowest BCUT2D eigenvalue weighted by Crippen LogP contribution is -3.22. The largest absolute Gasteiger partial charge is 1.00 e. The molecular weight excluding hydrogens is 407 g/mol. The van der Waals surface area contributed by atoms with Gasteiger partial charge in [0, 0.05) is 0 Å². The fraction of sp³-hybridized carbons (Fsp3) is 0.733. The Morgan fingerprint density at radius 3 is 1.04 bits per heavy atom. The lowest BCUT2D eigenvalue weighted by atomic mass is 10.4. The van der Waals surface area contributed by atoms with Gasteiger partial charge >= 0.3 is 23.9 Å². The van der Waals surface area contributed by atoms with Crippen LogP contribution in [0.4, 0.5) is 0 Å². The van der Waals surface area contributed by atoms with Crippen LogP contribution in [0.3, 0.4) is 0 Å². The van der Waals surface area contributed by atoms with Crippen molar-refractivity contribution in [2.75, 3.05) is 54.6 Å². The van der Waals surface area contributed by atoms with Crippen LogP contribution in [0.2, 0.25) is 0 Å². The molecule has 0 radical (unpaired) electrons. The van der Waals surface area contributed by atoms with Crippen LogP contribution in [0, 0.1) is 0 Å². The monoisotopic (exact) mass is 432 g/mol. The summed E-state index contributed by atoms with van der Waals surface area (Å²) < 4.78 is 18.7. The van der Waals surface area contributed by atoms with Gasteiger partial charge in [0.2, 0.25) is 0 Å². The highest BCUT2D eigenvalue weighted by Gasteiger charge is 2.55. The number of rotatable bonds is 10. The molecule has 0 heterocycles. The second kappa shape index (κ2) is 13.5. The molecule has 10 nitrogen and oxygen atoms in total. The first kappa shape index (κ1) is 27.6. The Kier molecular flexibility index (Phi) is 13.8. The maximum absolute atomic E-state index is 11.6. The third kappa shape index (κ3) is 9.23. The van der Waals surface area contributed by atoms with Crippen molar-refractivity contribution in [1.82, 2.24) is 0 Å². The predicted molar refractivity (Wildman–Crippen MR) is 81.7 cm³/mol. The van der Waals surface area contributed by atoms with Crippen LogP contribution in [-0.2, 0) is 38.1 Å². The average Bonchev–Trinajstić information content (AvgIpc) is 3.40. The first-order valence-corrected chi connectivity index (χ1v) is 7.82. The van der Waals surface area contributed by atoms with E-state index in [1.807, 2.05) is 0 Å². The molecule has 1 unspecified atom stereocenters. The van der Waals surface area contributed by atoms with Crippen molar-refractivity contribution in [3.63, 3.8) is 0 Å². The van der Waals surface area contributed by atoms with Gasteiger partial charge in [0.1, 0.15) is 12.1 Å². The van der Waals surface area contributed by atoms with E-state index in [2.05, 4.69) is 18.9 Å². The highest BCUT2D eigenvalue weighted by molar-refractivity contribution is 5.73. The number of ether oxygens (including phenoxy) is 4. The molecular formula is C15H26Cl2N2O8. The van der Waals surface area contributed by atoms with Gasteiger partial charge in [-0.05, 0) is 0 Å². The molecule has 1 rings (SSSR count). The summed E-state index contributed by atoms with van der Waals surface area (Å²) in [6.07, 6.45) is 0.645. The normalized spacial score (nSPS) is 17.3. The maximum Gasteiger partial charge on any atom is 0.361 e. The van der Waals surface area contributed by atoms with Crippen LogP contribution in [-0.4, -0.2) is 90.6 Å². The summed E-state index contributed by atoms with van der Waals surface area (Å²) in [5.74, 6) is -1.81. The highest BCUT2D eigenvalue weighted by Crippen LogP contribution is 2.14. The SMILES string of the molecule is COC(=O)C[NH+](CC(=O)OC)C1C[C@H]1[NH+](CC(=O)OC)CC(=O)OC.[Cl-].[Cl-]. The molecule has 0 saturated heterocycles.